The molecule has 1 aromatic heterocycles. The highest BCUT2D eigenvalue weighted by Gasteiger charge is 2.33. The van der Waals surface area contributed by atoms with E-state index in [9.17, 15) is 13.2 Å². The molecule has 0 aliphatic carbocycles. The fraction of sp³-hybridized carbons (Fsp3) is 0.375. The SMILES string of the molecule is Cl.Cl.FC(F)(F)c1ccc(Br)c([C@@H](c2cccs2)N2CCNCC2)c1. The zero-order valence-corrected chi connectivity index (χ0v) is 17.1. The molecule has 1 aromatic carbocycles. The molecular formula is C16H18BrCl2F3N2S. The van der Waals surface area contributed by atoms with Gasteiger partial charge >= 0.3 is 6.18 Å². The smallest absolute Gasteiger partial charge is 0.314 e. The quantitative estimate of drug-likeness (QED) is 0.639. The molecule has 1 saturated heterocycles. The van der Waals surface area contributed by atoms with E-state index < -0.39 is 11.7 Å². The number of alkyl halides is 3. The lowest BCUT2D eigenvalue weighted by atomic mass is 10.00. The van der Waals surface area contributed by atoms with Crippen molar-refractivity contribution >= 4 is 52.1 Å². The Balaban J connectivity index is 0.00000156. The van der Waals surface area contributed by atoms with Gasteiger partial charge in [-0.1, -0.05) is 22.0 Å². The molecule has 1 atom stereocenters. The van der Waals surface area contributed by atoms with Crippen LogP contribution in [0.1, 0.15) is 22.0 Å². The number of thiophene rings is 1. The van der Waals surface area contributed by atoms with Crippen LogP contribution in [-0.4, -0.2) is 31.1 Å². The van der Waals surface area contributed by atoms with Gasteiger partial charge < -0.3 is 5.32 Å². The van der Waals surface area contributed by atoms with Gasteiger partial charge in [0.05, 0.1) is 11.6 Å². The Bertz CT molecular complexity index is 662. The topological polar surface area (TPSA) is 15.3 Å². The summed E-state index contributed by atoms with van der Waals surface area (Å²) in [7, 11) is 0. The highest BCUT2D eigenvalue weighted by Crippen LogP contribution is 2.39. The van der Waals surface area contributed by atoms with E-state index in [-0.39, 0.29) is 30.9 Å². The van der Waals surface area contributed by atoms with Gasteiger partial charge in [0.25, 0.3) is 0 Å². The molecule has 1 aliphatic heterocycles. The van der Waals surface area contributed by atoms with Crippen molar-refractivity contribution in [3.05, 3.63) is 56.2 Å². The second-order valence-corrected chi connectivity index (χ2v) is 7.27. The first-order valence-corrected chi connectivity index (χ1v) is 8.99. The average Bonchev–Trinajstić information content (AvgIpc) is 3.03. The maximum Gasteiger partial charge on any atom is 0.416 e. The Hall–Kier alpha value is -0.310. The molecule has 2 aromatic rings. The number of benzene rings is 1. The third-order valence-electron chi connectivity index (χ3n) is 3.95. The van der Waals surface area contributed by atoms with Crippen molar-refractivity contribution in [1.82, 2.24) is 10.2 Å². The van der Waals surface area contributed by atoms with Crippen molar-refractivity contribution in [2.45, 2.75) is 12.2 Å². The van der Waals surface area contributed by atoms with Gasteiger partial charge in [-0.25, -0.2) is 0 Å². The standard InChI is InChI=1S/C16H16BrF3N2S.2ClH/c17-13-4-3-11(16(18,19)20)10-12(13)15(14-2-1-9-23-14)22-7-5-21-6-8-22;;/h1-4,9-10,15,21H,5-8H2;2*1H/t15-;;/m0../s1. The Labute approximate surface area is 169 Å². The van der Waals surface area contributed by atoms with Crippen molar-refractivity contribution < 1.29 is 13.2 Å². The van der Waals surface area contributed by atoms with Gasteiger partial charge in [-0.2, -0.15) is 13.2 Å². The first kappa shape index (κ1) is 22.7. The number of piperazine rings is 1. The predicted octanol–water partition coefficient (Wildman–Crippen LogP) is 5.37. The molecule has 25 heavy (non-hydrogen) atoms. The van der Waals surface area contributed by atoms with Crippen molar-refractivity contribution in [2.24, 2.45) is 0 Å². The zero-order chi connectivity index (χ0) is 16.4. The minimum atomic E-state index is -4.33. The van der Waals surface area contributed by atoms with E-state index in [1.165, 1.54) is 12.1 Å². The third kappa shape index (κ3) is 5.34. The Kier molecular flexibility index (Phi) is 8.71. The monoisotopic (exact) mass is 476 g/mol. The van der Waals surface area contributed by atoms with Crippen LogP contribution in [0.15, 0.2) is 40.2 Å². The summed E-state index contributed by atoms with van der Waals surface area (Å²) in [6, 6.07) is 7.67. The molecule has 3 rings (SSSR count). The van der Waals surface area contributed by atoms with E-state index in [1.54, 1.807) is 11.3 Å². The molecule has 140 valence electrons. The van der Waals surface area contributed by atoms with Crippen LogP contribution in [0, 0.1) is 0 Å². The molecular weight excluding hydrogens is 460 g/mol. The molecule has 1 N–H and O–H groups in total. The lowest BCUT2D eigenvalue weighted by molar-refractivity contribution is -0.137. The van der Waals surface area contributed by atoms with Gasteiger partial charge in [-0.15, -0.1) is 36.2 Å². The summed E-state index contributed by atoms with van der Waals surface area (Å²) in [5.41, 5.74) is 0.0663. The Morgan fingerprint density at radius 2 is 1.80 bits per heavy atom. The minimum Gasteiger partial charge on any atom is -0.314 e. The zero-order valence-electron chi connectivity index (χ0n) is 13.1. The van der Waals surface area contributed by atoms with Crippen LogP contribution in [0.5, 0.6) is 0 Å². The number of rotatable bonds is 3. The van der Waals surface area contributed by atoms with Gasteiger partial charge in [0, 0.05) is 35.5 Å². The van der Waals surface area contributed by atoms with Gasteiger partial charge in [0.1, 0.15) is 0 Å². The Morgan fingerprint density at radius 3 is 2.36 bits per heavy atom. The van der Waals surface area contributed by atoms with Gasteiger partial charge in [-0.05, 0) is 35.2 Å². The maximum atomic E-state index is 13.1. The summed E-state index contributed by atoms with van der Waals surface area (Å²) in [6.45, 7) is 3.31. The maximum absolute atomic E-state index is 13.1. The normalized spacial score (nSPS) is 16.6. The van der Waals surface area contributed by atoms with E-state index in [0.717, 1.165) is 37.1 Å². The molecule has 1 fully saturated rings. The van der Waals surface area contributed by atoms with Crippen LogP contribution >= 0.6 is 52.1 Å². The van der Waals surface area contributed by atoms with E-state index in [0.29, 0.717) is 10.0 Å². The summed E-state index contributed by atoms with van der Waals surface area (Å²) in [6.07, 6.45) is -4.33. The van der Waals surface area contributed by atoms with E-state index in [4.69, 9.17) is 0 Å². The van der Waals surface area contributed by atoms with Crippen LogP contribution in [0.2, 0.25) is 0 Å². The second kappa shape index (κ2) is 9.58. The molecule has 0 bridgehead atoms. The first-order chi connectivity index (χ1) is 11.0. The number of nitrogens with zero attached hydrogens (tertiary/aromatic N) is 1. The molecule has 0 saturated carbocycles. The van der Waals surface area contributed by atoms with E-state index >= 15 is 0 Å². The molecule has 0 amide bonds. The van der Waals surface area contributed by atoms with Crippen LogP contribution in [0.25, 0.3) is 0 Å². The summed E-state index contributed by atoms with van der Waals surface area (Å²) in [5, 5.41) is 5.25. The highest BCUT2D eigenvalue weighted by molar-refractivity contribution is 9.10. The van der Waals surface area contributed by atoms with Gasteiger partial charge in [0.2, 0.25) is 0 Å². The van der Waals surface area contributed by atoms with Crippen LogP contribution in [0.3, 0.4) is 0 Å². The molecule has 0 spiro atoms. The van der Waals surface area contributed by atoms with Crippen LogP contribution in [-0.2, 0) is 6.18 Å². The highest BCUT2D eigenvalue weighted by atomic mass is 79.9. The third-order valence-corrected chi connectivity index (χ3v) is 5.59. The van der Waals surface area contributed by atoms with Crippen LogP contribution < -0.4 is 5.32 Å². The lowest BCUT2D eigenvalue weighted by Crippen LogP contribution is -2.45. The summed E-state index contributed by atoms with van der Waals surface area (Å²) in [4.78, 5) is 3.30. The fourth-order valence-corrected chi connectivity index (χ4v) is 4.19. The van der Waals surface area contributed by atoms with Crippen molar-refractivity contribution in [2.75, 3.05) is 26.2 Å². The summed E-state index contributed by atoms with van der Waals surface area (Å²) in [5.74, 6) is 0. The molecule has 0 radical (unpaired) electrons. The largest absolute Gasteiger partial charge is 0.416 e. The predicted molar refractivity (Wildman–Crippen MR) is 104 cm³/mol. The molecule has 2 heterocycles. The van der Waals surface area contributed by atoms with Gasteiger partial charge in [-0.3, -0.25) is 4.90 Å². The molecule has 0 unspecified atom stereocenters. The van der Waals surface area contributed by atoms with Crippen molar-refractivity contribution in [1.29, 1.82) is 0 Å². The number of halogens is 6. The summed E-state index contributed by atoms with van der Waals surface area (Å²) < 4.78 is 40.0. The molecule has 1 aliphatic rings. The van der Waals surface area contributed by atoms with E-state index in [2.05, 4.69) is 26.1 Å². The number of nitrogens with one attached hydrogen (secondary N) is 1. The first-order valence-electron chi connectivity index (χ1n) is 7.31. The average molecular weight is 478 g/mol. The van der Waals surface area contributed by atoms with Crippen molar-refractivity contribution in [3.63, 3.8) is 0 Å². The number of hydrogen-bond acceptors (Lipinski definition) is 3. The van der Waals surface area contributed by atoms with Crippen LogP contribution in [0.4, 0.5) is 13.2 Å². The molecule has 2 nitrogen and oxygen atoms in total. The fourth-order valence-electron chi connectivity index (χ4n) is 2.85. The lowest BCUT2D eigenvalue weighted by Gasteiger charge is -2.35. The minimum absolute atomic E-state index is 0. The number of hydrogen-bond donors (Lipinski definition) is 1. The Morgan fingerprint density at radius 1 is 1.12 bits per heavy atom. The summed E-state index contributed by atoms with van der Waals surface area (Å²) >= 11 is 5.02. The van der Waals surface area contributed by atoms with E-state index in [1.807, 2.05) is 17.5 Å². The van der Waals surface area contributed by atoms with Crippen molar-refractivity contribution in [3.8, 4) is 0 Å². The van der Waals surface area contributed by atoms with Gasteiger partial charge in [0.15, 0.2) is 0 Å². The second-order valence-electron chi connectivity index (χ2n) is 5.44. The molecule has 9 heteroatoms.